The Hall–Kier alpha value is -8.96. The fourth-order valence-electron chi connectivity index (χ4n) is 5.33. The third kappa shape index (κ3) is 25.4. The number of carbonyl (C=O) groups is 4. The number of carbonyl (C=O) groups excluding carboxylic acids is 4. The molecule has 24 nitrogen and oxygen atoms in total. The van der Waals surface area contributed by atoms with Crippen LogP contribution in [-0.4, -0.2) is 92.4 Å². The third-order valence-electron chi connectivity index (χ3n) is 8.52. The van der Waals surface area contributed by atoms with Gasteiger partial charge >= 0.3 is 17.1 Å². The van der Waals surface area contributed by atoms with Gasteiger partial charge in [-0.25, -0.2) is 19.9 Å². The Morgan fingerprint density at radius 1 is 0.362 bits per heavy atom. The molecule has 8 aromatic rings. The van der Waals surface area contributed by atoms with E-state index in [0.29, 0.717) is 51.9 Å². The molecule has 0 N–H and O–H groups in total. The van der Waals surface area contributed by atoms with Crippen molar-refractivity contribution in [3.05, 3.63) is 225 Å². The van der Waals surface area contributed by atoms with Gasteiger partial charge in [-0.15, -0.1) is 0 Å². The van der Waals surface area contributed by atoms with Crippen LogP contribution in [0.5, 0.6) is 0 Å². The maximum atomic E-state index is 11.7. The van der Waals surface area contributed by atoms with Gasteiger partial charge in [-0.05, 0) is 0 Å². The SMILES string of the molecule is O=C(CCn1cncn1)c1ccccc1.O=C(CCn1cncn1)c1ccccc1.O=C(CCn1cncn1)c1ccccc1.O=C(CCn1cncn1)c1ccccc1.O=[N+]([O-])[O-].O=[N+]([O-])[O-].[Cu+2]. The van der Waals surface area contributed by atoms with Gasteiger partial charge in [-0.3, -0.25) is 37.9 Å². The number of ketones is 4. The Bertz CT molecular complexity index is 2250. The first-order valence-corrected chi connectivity index (χ1v) is 20.2. The van der Waals surface area contributed by atoms with Crippen molar-refractivity contribution >= 4 is 23.1 Å². The van der Waals surface area contributed by atoms with Crippen molar-refractivity contribution in [2.45, 2.75) is 51.9 Å². The summed E-state index contributed by atoms with van der Waals surface area (Å²) in [4.78, 5) is 78.5. The van der Waals surface area contributed by atoms with Gasteiger partial charge in [0, 0.05) is 74.1 Å². The Morgan fingerprint density at radius 2 is 0.536 bits per heavy atom. The van der Waals surface area contributed by atoms with E-state index in [4.69, 9.17) is 30.6 Å². The van der Waals surface area contributed by atoms with Crippen molar-refractivity contribution in [3.63, 3.8) is 0 Å². The Kier molecular flexibility index (Phi) is 27.3. The molecule has 0 unspecified atom stereocenters. The van der Waals surface area contributed by atoms with Crippen LogP contribution in [0.1, 0.15) is 67.1 Å². The molecule has 0 amide bonds. The molecule has 1 radical (unpaired) electrons. The van der Waals surface area contributed by atoms with E-state index in [0.717, 1.165) is 22.3 Å². The minimum Gasteiger partial charge on any atom is -0.356 e. The van der Waals surface area contributed by atoms with Gasteiger partial charge in [0.05, 0.1) is 10.2 Å². The molecule has 4 aromatic heterocycles. The molecular formula is C44H44CuN14O10. The molecule has 4 heterocycles. The van der Waals surface area contributed by atoms with Gasteiger partial charge in [-0.2, -0.15) is 20.4 Å². The van der Waals surface area contributed by atoms with Crippen LogP contribution < -0.4 is 0 Å². The van der Waals surface area contributed by atoms with Gasteiger partial charge in [0.25, 0.3) is 0 Å². The number of aryl methyl sites for hydroxylation is 4. The summed E-state index contributed by atoms with van der Waals surface area (Å²) in [6.45, 7) is 2.31. The predicted molar refractivity (Wildman–Crippen MR) is 242 cm³/mol. The van der Waals surface area contributed by atoms with Crippen LogP contribution in [0.3, 0.4) is 0 Å². The van der Waals surface area contributed by atoms with Crippen LogP contribution in [-0.2, 0) is 43.2 Å². The average Bonchev–Trinajstić information content (AvgIpc) is 4.23. The zero-order valence-electron chi connectivity index (χ0n) is 36.5. The van der Waals surface area contributed by atoms with E-state index in [-0.39, 0.29) is 40.2 Å². The second-order valence-electron chi connectivity index (χ2n) is 13.2. The fraction of sp³-hybridized carbons (Fsp3) is 0.182. The molecule has 0 aliphatic rings. The van der Waals surface area contributed by atoms with E-state index >= 15 is 0 Å². The summed E-state index contributed by atoms with van der Waals surface area (Å²) in [6, 6.07) is 37.1. The maximum absolute atomic E-state index is 11.7. The normalized spacial score (nSPS) is 9.51. The number of nitrogens with zero attached hydrogens (tertiary/aromatic N) is 14. The minimum absolute atomic E-state index is 0. The standard InChI is InChI=1S/4C11H11N3O.Cu.2NO3/c4*15-11(10-4-2-1-3-5-10)6-7-14-9-12-8-13-14;;2*2-1(3)4/h4*1-5,8-9H,6-7H2;;;/q;;;;+2;2*-1. The first-order valence-electron chi connectivity index (χ1n) is 20.2. The smallest absolute Gasteiger partial charge is 0.356 e. The van der Waals surface area contributed by atoms with Crippen LogP contribution in [0.15, 0.2) is 172 Å². The van der Waals surface area contributed by atoms with Crippen LogP contribution >= 0.6 is 0 Å². The molecule has 0 fully saturated rings. The summed E-state index contributed by atoms with van der Waals surface area (Å²) < 4.78 is 6.61. The summed E-state index contributed by atoms with van der Waals surface area (Å²) in [5.41, 5.74) is 2.99. The number of Topliss-reactive ketones (excluding diaryl/α,β-unsaturated/α-hetero) is 4. The summed E-state index contributed by atoms with van der Waals surface area (Å²) in [7, 11) is 0. The van der Waals surface area contributed by atoms with Gasteiger partial charge in [0.2, 0.25) is 0 Å². The Morgan fingerprint density at radius 3 is 0.681 bits per heavy atom. The van der Waals surface area contributed by atoms with Crippen molar-refractivity contribution in [2.75, 3.05) is 0 Å². The van der Waals surface area contributed by atoms with Crippen molar-refractivity contribution < 1.29 is 46.4 Å². The first-order chi connectivity index (χ1) is 32.9. The zero-order chi connectivity index (χ0) is 49.2. The van der Waals surface area contributed by atoms with Crippen molar-refractivity contribution in [3.8, 4) is 0 Å². The van der Waals surface area contributed by atoms with Crippen LogP contribution in [0.4, 0.5) is 0 Å². The summed E-state index contributed by atoms with van der Waals surface area (Å²) >= 11 is 0. The topological polar surface area (TPSA) is 324 Å². The van der Waals surface area contributed by atoms with Crippen molar-refractivity contribution in [2.24, 2.45) is 0 Å². The Labute approximate surface area is 404 Å². The molecule has 25 heteroatoms. The van der Waals surface area contributed by atoms with E-state index in [1.165, 1.54) is 25.3 Å². The van der Waals surface area contributed by atoms with E-state index in [1.807, 2.05) is 121 Å². The second-order valence-corrected chi connectivity index (χ2v) is 13.2. The molecular weight excluding hydrogens is 948 g/mol. The average molecular weight is 992 g/mol. The number of rotatable bonds is 16. The van der Waals surface area contributed by atoms with Crippen LogP contribution in [0.2, 0.25) is 0 Å². The van der Waals surface area contributed by atoms with Gasteiger partial charge in [0.1, 0.15) is 50.6 Å². The Balaban J connectivity index is 0.000000298. The molecule has 4 aromatic carbocycles. The van der Waals surface area contributed by atoms with Crippen LogP contribution in [0.25, 0.3) is 0 Å². The molecule has 0 aliphatic carbocycles. The van der Waals surface area contributed by atoms with E-state index in [1.54, 1.807) is 44.0 Å². The molecule has 0 atom stereocenters. The number of benzene rings is 4. The number of aromatic nitrogens is 12. The molecule has 69 heavy (non-hydrogen) atoms. The molecule has 0 saturated heterocycles. The van der Waals surface area contributed by atoms with Crippen molar-refractivity contribution in [1.29, 1.82) is 0 Å². The quantitative estimate of drug-likeness (QED) is 0.0483. The summed E-state index contributed by atoms with van der Waals surface area (Å²) in [5, 5.41) is 45.2. The third-order valence-corrected chi connectivity index (χ3v) is 8.52. The molecule has 0 saturated carbocycles. The van der Waals surface area contributed by atoms with Crippen molar-refractivity contribution in [1.82, 2.24) is 59.1 Å². The molecule has 0 spiro atoms. The summed E-state index contributed by atoms with van der Waals surface area (Å²) in [6.07, 6.45) is 14.1. The van der Waals surface area contributed by atoms with Crippen LogP contribution in [0, 0.1) is 30.6 Å². The largest absolute Gasteiger partial charge is 2.00 e. The first kappa shape index (κ1) is 56.2. The zero-order valence-corrected chi connectivity index (χ0v) is 37.4. The van der Waals surface area contributed by atoms with Gasteiger partial charge in [-0.1, -0.05) is 121 Å². The number of hydrogen-bond donors (Lipinski definition) is 0. The minimum atomic E-state index is -1.75. The predicted octanol–water partition coefficient (Wildman–Crippen LogP) is 5.72. The van der Waals surface area contributed by atoms with E-state index in [2.05, 4.69) is 40.3 Å². The van der Waals surface area contributed by atoms with E-state index < -0.39 is 10.2 Å². The maximum Gasteiger partial charge on any atom is 2.00 e. The second kappa shape index (κ2) is 33.5. The molecule has 0 bridgehead atoms. The fourth-order valence-corrected chi connectivity index (χ4v) is 5.33. The molecule has 8 rings (SSSR count). The summed E-state index contributed by atoms with van der Waals surface area (Å²) in [5.74, 6) is 0.523. The monoisotopic (exact) mass is 991 g/mol. The number of hydrogen-bond acceptors (Lipinski definition) is 18. The molecule has 0 aliphatic heterocycles. The van der Waals surface area contributed by atoms with Gasteiger partial charge in [0.15, 0.2) is 23.1 Å². The van der Waals surface area contributed by atoms with E-state index in [9.17, 15) is 19.2 Å². The molecule has 361 valence electrons. The van der Waals surface area contributed by atoms with Gasteiger partial charge < -0.3 is 30.6 Å².